The van der Waals surface area contributed by atoms with Crippen molar-refractivity contribution in [3.63, 3.8) is 0 Å². The number of rotatable bonds is 2. The number of nitrogens with two attached hydrogens (primary N) is 2. The van der Waals surface area contributed by atoms with E-state index in [0.29, 0.717) is 11.4 Å². The van der Waals surface area contributed by atoms with Crippen molar-refractivity contribution in [1.29, 1.82) is 5.41 Å². The van der Waals surface area contributed by atoms with Crippen molar-refractivity contribution in [3.8, 4) is 0 Å². The Morgan fingerprint density at radius 1 is 1.45 bits per heavy atom. The summed E-state index contributed by atoms with van der Waals surface area (Å²) in [6, 6.07) is 5.14. The van der Waals surface area contributed by atoms with Crippen LogP contribution in [0.1, 0.15) is 5.56 Å². The number of hydrazine groups is 1. The molecule has 0 aliphatic rings. The lowest BCUT2D eigenvalue weighted by molar-refractivity contribution is 1.34. The zero-order valence-corrected chi connectivity index (χ0v) is 5.96. The number of hydrogen-bond donors (Lipinski definition) is 4. The highest BCUT2D eigenvalue weighted by Crippen LogP contribution is 2.15. The molecule has 0 aromatic heterocycles. The van der Waals surface area contributed by atoms with E-state index in [9.17, 15) is 0 Å². The van der Waals surface area contributed by atoms with E-state index in [1.807, 2.05) is 0 Å². The van der Waals surface area contributed by atoms with Crippen LogP contribution in [0.15, 0.2) is 18.2 Å². The molecule has 1 aromatic rings. The van der Waals surface area contributed by atoms with Crippen LogP contribution in [0.3, 0.4) is 0 Å². The van der Waals surface area contributed by atoms with Crippen LogP contribution < -0.4 is 17.0 Å². The lowest BCUT2D eigenvalue weighted by Crippen LogP contribution is -2.09. The highest BCUT2D eigenvalue weighted by atomic mass is 15.2. The van der Waals surface area contributed by atoms with Crippen LogP contribution in [0.2, 0.25) is 0 Å². The Balaban J connectivity index is 3.16. The third-order valence-corrected chi connectivity index (χ3v) is 1.39. The van der Waals surface area contributed by atoms with E-state index in [1.54, 1.807) is 18.2 Å². The first-order valence-electron chi connectivity index (χ1n) is 3.14. The van der Waals surface area contributed by atoms with E-state index in [-0.39, 0.29) is 0 Å². The molecule has 0 radical (unpaired) electrons. The molecular formula is C7H10N4. The number of benzene rings is 1. The van der Waals surface area contributed by atoms with Gasteiger partial charge in [-0.25, -0.2) is 0 Å². The van der Waals surface area contributed by atoms with Crippen molar-refractivity contribution in [3.05, 3.63) is 23.8 Å². The minimum atomic E-state index is 0.628. The second-order valence-corrected chi connectivity index (χ2v) is 2.14. The summed E-state index contributed by atoms with van der Waals surface area (Å²) in [7, 11) is 0. The minimum absolute atomic E-state index is 0.628. The third-order valence-electron chi connectivity index (χ3n) is 1.39. The molecule has 4 heteroatoms. The molecule has 0 bridgehead atoms. The molecule has 0 atom stereocenters. The Morgan fingerprint density at radius 2 is 2.18 bits per heavy atom. The van der Waals surface area contributed by atoms with Gasteiger partial charge >= 0.3 is 0 Å². The van der Waals surface area contributed by atoms with Crippen molar-refractivity contribution < 1.29 is 0 Å². The Labute approximate surface area is 64.7 Å². The van der Waals surface area contributed by atoms with E-state index >= 15 is 0 Å². The van der Waals surface area contributed by atoms with Crippen molar-refractivity contribution in [2.24, 2.45) is 5.84 Å². The topological polar surface area (TPSA) is 87.9 Å². The van der Waals surface area contributed by atoms with Crippen LogP contribution in [0.4, 0.5) is 11.4 Å². The number of hydrogen-bond acceptors (Lipinski definition) is 4. The summed E-state index contributed by atoms with van der Waals surface area (Å²) in [6.07, 6.45) is 1.22. The molecule has 58 valence electrons. The normalized spacial score (nSPS) is 9.18. The van der Waals surface area contributed by atoms with E-state index in [2.05, 4.69) is 5.43 Å². The van der Waals surface area contributed by atoms with Gasteiger partial charge in [0.05, 0.1) is 5.69 Å². The average molecular weight is 150 g/mol. The third kappa shape index (κ3) is 1.47. The maximum Gasteiger partial charge on any atom is 0.0593 e. The van der Waals surface area contributed by atoms with Crippen LogP contribution in [-0.4, -0.2) is 6.21 Å². The van der Waals surface area contributed by atoms with E-state index in [4.69, 9.17) is 17.0 Å². The van der Waals surface area contributed by atoms with Crippen molar-refractivity contribution >= 4 is 17.6 Å². The van der Waals surface area contributed by atoms with Gasteiger partial charge in [0.1, 0.15) is 0 Å². The molecule has 6 N–H and O–H groups in total. The second kappa shape index (κ2) is 3.03. The van der Waals surface area contributed by atoms with Gasteiger partial charge in [0.2, 0.25) is 0 Å². The van der Waals surface area contributed by atoms with Crippen LogP contribution in [-0.2, 0) is 0 Å². The molecule has 0 unspecified atom stereocenters. The molecule has 0 heterocycles. The van der Waals surface area contributed by atoms with Crippen LogP contribution in [0, 0.1) is 5.41 Å². The van der Waals surface area contributed by atoms with Gasteiger partial charge in [-0.15, -0.1) is 0 Å². The summed E-state index contributed by atoms with van der Waals surface area (Å²) in [5, 5.41) is 7.00. The lowest BCUT2D eigenvalue weighted by atomic mass is 10.2. The Kier molecular flexibility index (Phi) is 2.08. The van der Waals surface area contributed by atoms with Crippen LogP contribution in [0.5, 0.6) is 0 Å². The molecule has 0 fully saturated rings. The molecule has 0 aliphatic carbocycles. The molecule has 0 saturated carbocycles. The Morgan fingerprint density at radius 3 is 2.73 bits per heavy atom. The van der Waals surface area contributed by atoms with Gasteiger partial charge in [-0.3, -0.25) is 5.84 Å². The summed E-state index contributed by atoms with van der Waals surface area (Å²) in [6.45, 7) is 0. The fourth-order valence-corrected chi connectivity index (χ4v) is 0.825. The molecule has 1 aromatic carbocycles. The van der Waals surface area contributed by atoms with Gasteiger partial charge in [-0.1, -0.05) is 0 Å². The average Bonchev–Trinajstić information content (AvgIpc) is 2.04. The predicted molar refractivity (Wildman–Crippen MR) is 46.6 cm³/mol. The van der Waals surface area contributed by atoms with Gasteiger partial charge < -0.3 is 16.6 Å². The quantitative estimate of drug-likeness (QED) is 0.215. The number of anilines is 2. The zero-order valence-electron chi connectivity index (χ0n) is 5.96. The molecule has 0 saturated heterocycles. The highest BCUT2D eigenvalue weighted by molar-refractivity contribution is 5.86. The SMILES string of the molecule is N=Cc1ccc(N)cc1NN. The molecule has 0 amide bonds. The molecule has 1 rings (SSSR count). The molecule has 0 aliphatic heterocycles. The fourth-order valence-electron chi connectivity index (χ4n) is 0.825. The first-order valence-corrected chi connectivity index (χ1v) is 3.14. The van der Waals surface area contributed by atoms with Crippen molar-refractivity contribution in [2.75, 3.05) is 11.2 Å². The molecule has 0 spiro atoms. The first kappa shape index (κ1) is 7.56. The van der Waals surface area contributed by atoms with Gasteiger partial charge in [-0.05, 0) is 18.2 Å². The number of nitrogens with one attached hydrogen (secondary N) is 2. The van der Waals surface area contributed by atoms with Gasteiger partial charge in [0, 0.05) is 17.5 Å². The summed E-state index contributed by atoms with van der Waals surface area (Å²) < 4.78 is 0. The van der Waals surface area contributed by atoms with Gasteiger partial charge in [0.15, 0.2) is 0 Å². The van der Waals surface area contributed by atoms with Crippen LogP contribution >= 0.6 is 0 Å². The highest BCUT2D eigenvalue weighted by Gasteiger charge is 1.96. The van der Waals surface area contributed by atoms with E-state index in [0.717, 1.165) is 5.56 Å². The first-order chi connectivity index (χ1) is 5.27. The summed E-state index contributed by atoms with van der Waals surface area (Å²) in [5.41, 5.74) is 9.96. The van der Waals surface area contributed by atoms with Gasteiger partial charge in [-0.2, -0.15) is 0 Å². The standard InChI is InChI=1S/C7H10N4/c8-4-5-1-2-6(9)3-7(5)11-10/h1-4,8,11H,9-10H2. The smallest absolute Gasteiger partial charge is 0.0593 e. The largest absolute Gasteiger partial charge is 0.399 e. The van der Waals surface area contributed by atoms with Crippen molar-refractivity contribution in [1.82, 2.24) is 0 Å². The lowest BCUT2D eigenvalue weighted by Gasteiger charge is -2.04. The monoisotopic (exact) mass is 150 g/mol. The Hall–Kier alpha value is -1.55. The molecule has 4 nitrogen and oxygen atoms in total. The second-order valence-electron chi connectivity index (χ2n) is 2.14. The molecule has 11 heavy (non-hydrogen) atoms. The van der Waals surface area contributed by atoms with E-state index in [1.165, 1.54) is 6.21 Å². The van der Waals surface area contributed by atoms with Crippen molar-refractivity contribution in [2.45, 2.75) is 0 Å². The van der Waals surface area contributed by atoms with E-state index < -0.39 is 0 Å². The Bertz CT molecular complexity index is 269. The minimum Gasteiger partial charge on any atom is -0.399 e. The summed E-state index contributed by atoms with van der Waals surface area (Å²) >= 11 is 0. The number of nitrogen functional groups attached to an aromatic ring is 2. The van der Waals surface area contributed by atoms with Crippen LogP contribution in [0.25, 0.3) is 0 Å². The predicted octanol–water partition coefficient (Wildman–Crippen LogP) is 0.552. The maximum absolute atomic E-state index is 7.00. The zero-order chi connectivity index (χ0) is 8.27. The van der Waals surface area contributed by atoms with Gasteiger partial charge in [0.25, 0.3) is 0 Å². The maximum atomic E-state index is 7.00. The molecular weight excluding hydrogens is 140 g/mol. The summed E-state index contributed by atoms with van der Waals surface area (Å²) in [4.78, 5) is 0. The fraction of sp³-hybridized carbons (Fsp3) is 0. The summed E-state index contributed by atoms with van der Waals surface area (Å²) in [5.74, 6) is 5.19.